The van der Waals surface area contributed by atoms with Crippen LogP contribution in [-0.4, -0.2) is 36.0 Å². The number of hydrogen-bond donors (Lipinski definition) is 1. The summed E-state index contributed by atoms with van der Waals surface area (Å²) in [6, 6.07) is 11.7. The molecule has 2 aromatic rings. The average Bonchev–Trinajstić information content (AvgIpc) is 2.70. The highest BCUT2D eigenvalue weighted by Gasteiger charge is 2.06. The van der Waals surface area contributed by atoms with Gasteiger partial charge < -0.3 is 9.47 Å². The van der Waals surface area contributed by atoms with Crippen molar-refractivity contribution in [1.82, 2.24) is 5.43 Å². The van der Waals surface area contributed by atoms with E-state index >= 15 is 0 Å². The Hall–Kier alpha value is -3.07. The fourth-order valence-electron chi connectivity index (χ4n) is 2.33. The van der Waals surface area contributed by atoms with Crippen molar-refractivity contribution in [3.05, 3.63) is 63.7 Å². The summed E-state index contributed by atoms with van der Waals surface area (Å²) >= 11 is 1.40. The van der Waals surface area contributed by atoms with Gasteiger partial charge in [-0.05, 0) is 43.2 Å². The predicted molar refractivity (Wildman–Crippen MR) is 114 cm³/mol. The van der Waals surface area contributed by atoms with E-state index in [2.05, 4.69) is 10.5 Å². The third-order valence-electron chi connectivity index (χ3n) is 3.62. The molecule has 2 rings (SSSR count). The van der Waals surface area contributed by atoms with Gasteiger partial charge in [0.2, 0.25) is 5.91 Å². The Labute approximate surface area is 173 Å². The molecule has 8 nitrogen and oxygen atoms in total. The van der Waals surface area contributed by atoms with Crippen LogP contribution in [0, 0.1) is 10.1 Å². The monoisotopic (exact) mass is 417 g/mol. The highest BCUT2D eigenvalue weighted by molar-refractivity contribution is 7.99. The first-order valence-electron chi connectivity index (χ1n) is 9.06. The fraction of sp³-hybridized carbons (Fsp3) is 0.300. The maximum absolute atomic E-state index is 11.9. The summed E-state index contributed by atoms with van der Waals surface area (Å²) in [7, 11) is 0. The summed E-state index contributed by atoms with van der Waals surface area (Å²) in [4.78, 5) is 22.1. The minimum absolute atomic E-state index is 0.0487. The lowest BCUT2D eigenvalue weighted by Crippen LogP contribution is -2.19. The van der Waals surface area contributed by atoms with Crippen molar-refractivity contribution in [2.45, 2.75) is 19.6 Å². The molecule has 0 heterocycles. The van der Waals surface area contributed by atoms with E-state index in [9.17, 15) is 14.9 Å². The van der Waals surface area contributed by atoms with E-state index in [1.165, 1.54) is 30.1 Å². The van der Waals surface area contributed by atoms with E-state index in [1.54, 1.807) is 24.3 Å². The molecule has 2 aromatic carbocycles. The second kappa shape index (κ2) is 11.7. The maximum atomic E-state index is 11.9. The number of nitro groups is 1. The molecular weight excluding hydrogens is 394 g/mol. The van der Waals surface area contributed by atoms with E-state index in [0.717, 1.165) is 11.1 Å². The Morgan fingerprint density at radius 2 is 1.83 bits per heavy atom. The van der Waals surface area contributed by atoms with Gasteiger partial charge in [0.15, 0.2) is 11.5 Å². The maximum Gasteiger partial charge on any atom is 0.269 e. The lowest BCUT2D eigenvalue weighted by atomic mass is 10.2. The number of carbonyl (C=O) groups excluding carboxylic acids is 1. The zero-order valence-electron chi connectivity index (χ0n) is 16.3. The van der Waals surface area contributed by atoms with E-state index < -0.39 is 4.92 Å². The molecule has 0 saturated carbocycles. The van der Waals surface area contributed by atoms with Crippen LogP contribution in [0.5, 0.6) is 11.5 Å². The molecule has 0 bridgehead atoms. The zero-order valence-corrected chi connectivity index (χ0v) is 17.1. The highest BCUT2D eigenvalue weighted by Crippen LogP contribution is 2.28. The molecule has 9 heteroatoms. The minimum atomic E-state index is -0.440. The molecule has 154 valence electrons. The third kappa shape index (κ3) is 7.46. The van der Waals surface area contributed by atoms with Gasteiger partial charge in [0.25, 0.3) is 5.69 Å². The number of amides is 1. The number of rotatable bonds is 11. The largest absolute Gasteiger partial charge is 0.490 e. The van der Waals surface area contributed by atoms with Gasteiger partial charge in [-0.15, -0.1) is 11.8 Å². The standard InChI is InChI=1S/C20H23N3O5S/c1-3-27-18-10-7-16(11-19(18)28-4-2)12-21-22-20(24)14-29-13-15-5-8-17(9-6-15)23(25)26/h5-12H,3-4,13-14H2,1-2H3,(H,22,24)/b21-12-. The van der Waals surface area contributed by atoms with Crippen LogP contribution in [0.3, 0.4) is 0 Å². The Morgan fingerprint density at radius 3 is 2.48 bits per heavy atom. The van der Waals surface area contributed by atoms with Crippen molar-refractivity contribution in [1.29, 1.82) is 0 Å². The van der Waals surface area contributed by atoms with Crippen LogP contribution in [0.15, 0.2) is 47.6 Å². The van der Waals surface area contributed by atoms with Gasteiger partial charge in [-0.1, -0.05) is 12.1 Å². The average molecular weight is 417 g/mol. The Bertz CT molecular complexity index is 856. The molecule has 0 radical (unpaired) electrons. The second-order valence-corrected chi connectivity index (χ2v) is 6.77. The van der Waals surface area contributed by atoms with Gasteiger partial charge in [-0.25, -0.2) is 5.43 Å². The Morgan fingerprint density at radius 1 is 1.14 bits per heavy atom. The summed E-state index contributed by atoms with van der Waals surface area (Å²) in [6.07, 6.45) is 1.54. The van der Waals surface area contributed by atoms with Crippen LogP contribution in [0.25, 0.3) is 0 Å². The van der Waals surface area contributed by atoms with Gasteiger partial charge in [0, 0.05) is 17.9 Å². The van der Waals surface area contributed by atoms with Crippen LogP contribution in [0.1, 0.15) is 25.0 Å². The predicted octanol–water partition coefficient (Wildman–Crippen LogP) is 3.78. The first-order valence-corrected chi connectivity index (χ1v) is 10.2. The topological polar surface area (TPSA) is 103 Å². The van der Waals surface area contributed by atoms with Crippen LogP contribution < -0.4 is 14.9 Å². The molecule has 0 fully saturated rings. The summed E-state index contributed by atoms with van der Waals surface area (Å²) < 4.78 is 11.1. The SMILES string of the molecule is CCOc1ccc(/C=N\NC(=O)CSCc2ccc([N+](=O)[O-])cc2)cc1OCC. The zero-order chi connectivity index (χ0) is 21.1. The molecule has 29 heavy (non-hydrogen) atoms. The number of hydrazone groups is 1. The number of nitrogens with one attached hydrogen (secondary N) is 1. The number of hydrogen-bond acceptors (Lipinski definition) is 7. The lowest BCUT2D eigenvalue weighted by molar-refractivity contribution is -0.384. The summed E-state index contributed by atoms with van der Waals surface area (Å²) in [5.41, 5.74) is 4.22. The summed E-state index contributed by atoms with van der Waals surface area (Å²) in [5, 5.41) is 14.6. The first kappa shape index (κ1) is 22.2. The van der Waals surface area contributed by atoms with Gasteiger partial charge in [0.1, 0.15) is 0 Å². The van der Waals surface area contributed by atoms with Crippen LogP contribution >= 0.6 is 11.8 Å². The van der Waals surface area contributed by atoms with Crippen LogP contribution in [-0.2, 0) is 10.5 Å². The molecule has 0 aromatic heterocycles. The number of thioether (sulfide) groups is 1. The number of ether oxygens (including phenoxy) is 2. The van der Waals surface area contributed by atoms with Crippen molar-refractivity contribution in [2.75, 3.05) is 19.0 Å². The smallest absolute Gasteiger partial charge is 0.269 e. The number of non-ortho nitro benzene ring substituents is 1. The molecule has 0 atom stereocenters. The summed E-state index contributed by atoms with van der Waals surface area (Å²) in [6.45, 7) is 4.86. The first-order chi connectivity index (χ1) is 14.0. The van der Waals surface area contributed by atoms with Crippen molar-refractivity contribution >= 4 is 29.6 Å². The Balaban J connectivity index is 1.80. The lowest BCUT2D eigenvalue weighted by Gasteiger charge is -2.11. The van der Waals surface area contributed by atoms with Gasteiger partial charge >= 0.3 is 0 Å². The fourth-order valence-corrected chi connectivity index (χ4v) is 3.11. The minimum Gasteiger partial charge on any atom is -0.490 e. The van der Waals surface area contributed by atoms with Crippen molar-refractivity contribution in [3.8, 4) is 11.5 Å². The van der Waals surface area contributed by atoms with Crippen molar-refractivity contribution < 1.29 is 19.2 Å². The number of carbonyl (C=O) groups is 1. The number of nitro benzene ring substituents is 1. The van der Waals surface area contributed by atoms with E-state index in [1.807, 2.05) is 19.9 Å². The van der Waals surface area contributed by atoms with E-state index in [4.69, 9.17) is 9.47 Å². The molecular formula is C20H23N3O5S. The molecule has 1 N–H and O–H groups in total. The second-order valence-electron chi connectivity index (χ2n) is 5.78. The van der Waals surface area contributed by atoms with Crippen LogP contribution in [0.2, 0.25) is 0 Å². The molecule has 0 saturated heterocycles. The van der Waals surface area contributed by atoms with Crippen LogP contribution in [0.4, 0.5) is 5.69 Å². The summed E-state index contributed by atoms with van der Waals surface area (Å²) in [5.74, 6) is 1.86. The highest BCUT2D eigenvalue weighted by atomic mass is 32.2. The molecule has 0 aliphatic rings. The normalized spacial score (nSPS) is 10.7. The van der Waals surface area contributed by atoms with Crippen molar-refractivity contribution in [3.63, 3.8) is 0 Å². The number of benzene rings is 2. The van der Waals surface area contributed by atoms with E-state index in [0.29, 0.717) is 30.5 Å². The van der Waals surface area contributed by atoms with Crippen molar-refractivity contribution in [2.24, 2.45) is 5.10 Å². The molecule has 0 aliphatic heterocycles. The molecule has 0 spiro atoms. The molecule has 1 amide bonds. The van der Waals surface area contributed by atoms with E-state index in [-0.39, 0.29) is 17.3 Å². The number of nitrogens with zero attached hydrogens (tertiary/aromatic N) is 2. The quantitative estimate of drug-likeness (QED) is 0.339. The van der Waals surface area contributed by atoms with Gasteiger partial charge in [-0.3, -0.25) is 14.9 Å². The molecule has 0 aliphatic carbocycles. The third-order valence-corrected chi connectivity index (χ3v) is 4.62. The Kier molecular flexibility index (Phi) is 8.97. The van der Waals surface area contributed by atoms with Gasteiger partial charge in [0.05, 0.1) is 30.1 Å². The van der Waals surface area contributed by atoms with Gasteiger partial charge in [-0.2, -0.15) is 5.10 Å². The molecule has 0 unspecified atom stereocenters.